The van der Waals surface area contributed by atoms with Crippen molar-refractivity contribution in [3.05, 3.63) is 23.3 Å². The molecule has 1 heterocycles. The molecule has 0 amide bonds. The zero-order valence-corrected chi connectivity index (χ0v) is 11.7. The quantitative estimate of drug-likeness (QED) is 0.851. The van der Waals surface area contributed by atoms with Crippen molar-refractivity contribution < 1.29 is 14.2 Å². The van der Waals surface area contributed by atoms with Crippen molar-refractivity contribution in [2.45, 2.75) is 19.1 Å². The summed E-state index contributed by atoms with van der Waals surface area (Å²) in [5.41, 5.74) is 8.23. The van der Waals surface area contributed by atoms with E-state index in [1.807, 2.05) is 19.1 Å². The molecule has 0 radical (unpaired) electrons. The summed E-state index contributed by atoms with van der Waals surface area (Å²) in [5.74, 6) is 1.58. The van der Waals surface area contributed by atoms with E-state index in [0.29, 0.717) is 6.61 Å². The maximum atomic E-state index is 6.32. The van der Waals surface area contributed by atoms with Gasteiger partial charge in [0.05, 0.1) is 33.0 Å². The molecule has 1 aliphatic heterocycles. The molecule has 5 heteroatoms. The lowest BCUT2D eigenvalue weighted by Gasteiger charge is -2.30. The topological polar surface area (TPSA) is 65.7 Å². The predicted octanol–water partition coefficient (Wildman–Crippen LogP) is 1.00. The highest BCUT2D eigenvalue weighted by Crippen LogP contribution is 2.35. The van der Waals surface area contributed by atoms with E-state index in [1.54, 1.807) is 14.2 Å². The van der Waals surface area contributed by atoms with E-state index in [0.717, 1.165) is 35.7 Å². The minimum atomic E-state index is -0.215. The number of nitrogens with two attached hydrogens (primary N) is 1. The van der Waals surface area contributed by atoms with Crippen LogP contribution in [0.4, 0.5) is 0 Å². The lowest BCUT2D eigenvalue weighted by Crippen LogP contribution is -2.44. The molecule has 1 aliphatic rings. The fraction of sp³-hybridized carbons (Fsp3) is 0.571. The molecule has 1 aromatic carbocycles. The highest BCUT2D eigenvalue weighted by atomic mass is 16.5. The largest absolute Gasteiger partial charge is 0.496 e. The van der Waals surface area contributed by atoms with Gasteiger partial charge in [-0.2, -0.15) is 0 Å². The maximum Gasteiger partial charge on any atom is 0.130 e. The Hall–Kier alpha value is -1.30. The van der Waals surface area contributed by atoms with Crippen molar-refractivity contribution in [3.63, 3.8) is 0 Å². The van der Waals surface area contributed by atoms with Gasteiger partial charge in [0.1, 0.15) is 11.5 Å². The fourth-order valence-corrected chi connectivity index (χ4v) is 2.47. The van der Waals surface area contributed by atoms with Gasteiger partial charge in [-0.15, -0.1) is 0 Å². The van der Waals surface area contributed by atoms with Crippen LogP contribution < -0.4 is 20.5 Å². The molecule has 0 spiro atoms. The molecule has 1 aromatic rings. The molecule has 3 N–H and O–H groups in total. The van der Waals surface area contributed by atoms with Gasteiger partial charge in [-0.25, -0.2) is 0 Å². The number of hydrogen-bond acceptors (Lipinski definition) is 5. The Morgan fingerprint density at radius 3 is 2.74 bits per heavy atom. The third-order valence-corrected chi connectivity index (χ3v) is 3.53. The molecule has 0 aromatic heterocycles. The van der Waals surface area contributed by atoms with Crippen LogP contribution in [0, 0.1) is 6.92 Å². The summed E-state index contributed by atoms with van der Waals surface area (Å²) in [7, 11) is 3.30. The first-order valence-corrected chi connectivity index (χ1v) is 6.48. The monoisotopic (exact) mass is 266 g/mol. The summed E-state index contributed by atoms with van der Waals surface area (Å²) in [4.78, 5) is 0. The van der Waals surface area contributed by atoms with Crippen molar-refractivity contribution in [3.8, 4) is 11.5 Å². The van der Waals surface area contributed by atoms with E-state index in [2.05, 4.69) is 5.32 Å². The molecule has 19 heavy (non-hydrogen) atoms. The smallest absolute Gasteiger partial charge is 0.130 e. The lowest BCUT2D eigenvalue weighted by atomic mass is 9.97. The number of hydrogen-bond donors (Lipinski definition) is 2. The van der Waals surface area contributed by atoms with Gasteiger partial charge in [0.25, 0.3) is 0 Å². The van der Waals surface area contributed by atoms with Crippen LogP contribution in [-0.2, 0) is 4.74 Å². The molecule has 2 rings (SSSR count). The summed E-state index contributed by atoms with van der Waals surface area (Å²) in [6.07, 6.45) is -0.0320. The van der Waals surface area contributed by atoms with Crippen LogP contribution in [0.15, 0.2) is 12.1 Å². The molecule has 5 nitrogen and oxygen atoms in total. The Labute approximate surface area is 114 Å². The number of methoxy groups -OCH3 is 2. The minimum Gasteiger partial charge on any atom is -0.496 e. The van der Waals surface area contributed by atoms with Gasteiger partial charge < -0.3 is 25.3 Å². The SMILES string of the molecule is COc1ccc(C(N)C2CNCCO2)c(OC)c1C. The molecule has 1 fully saturated rings. The van der Waals surface area contributed by atoms with Crippen LogP contribution in [0.2, 0.25) is 0 Å². The van der Waals surface area contributed by atoms with Gasteiger partial charge in [0.2, 0.25) is 0 Å². The molecule has 0 saturated carbocycles. The number of rotatable bonds is 4. The lowest BCUT2D eigenvalue weighted by molar-refractivity contribution is 0.0117. The van der Waals surface area contributed by atoms with Crippen LogP contribution in [0.5, 0.6) is 11.5 Å². The van der Waals surface area contributed by atoms with Crippen LogP contribution in [-0.4, -0.2) is 40.0 Å². The van der Waals surface area contributed by atoms with Gasteiger partial charge in [0.15, 0.2) is 0 Å². The molecule has 2 atom stereocenters. The van der Waals surface area contributed by atoms with Crippen LogP contribution in [0.25, 0.3) is 0 Å². The first-order chi connectivity index (χ1) is 9.19. The standard InChI is InChI=1S/C14H22N2O3/c1-9-11(17-2)5-4-10(14(9)18-3)13(15)12-8-16-6-7-19-12/h4-5,12-13,16H,6-8,15H2,1-3H3. The van der Waals surface area contributed by atoms with Crippen molar-refractivity contribution >= 4 is 0 Å². The van der Waals surface area contributed by atoms with Crippen molar-refractivity contribution in [2.75, 3.05) is 33.9 Å². The third-order valence-electron chi connectivity index (χ3n) is 3.53. The Morgan fingerprint density at radius 2 is 2.16 bits per heavy atom. The van der Waals surface area contributed by atoms with Gasteiger partial charge in [0, 0.05) is 24.2 Å². The Bertz CT molecular complexity index is 431. The average Bonchev–Trinajstić information content (AvgIpc) is 2.47. The summed E-state index contributed by atoms with van der Waals surface area (Å²) in [6.45, 7) is 4.29. The number of morpholine rings is 1. The second-order valence-corrected chi connectivity index (χ2v) is 4.65. The second kappa shape index (κ2) is 6.23. The zero-order valence-electron chi connectivity index (χ0n) is 11.7. The Morgan fingerprint density at radius 1 is 1.37 bits per heavy atom. The molecular weight excluding hydrogens is 244 g/mol. The van der Waals surface area contributed by atoms with Crippen molar-refractivity contribution in [1.82, 2.24) is 5.32 Å². The summed E-state index contributed by atoms with van der Waals surface area (Å²) >= 11 is 0. The number of benzene rings is 1. The second-order valence-electron chi connectivity index (χ2n) is 4.65. The first-order valence-electron chi connectivity index (χ1n) is 6.48. The van der Waals surface area contributed by atoms with E-state index in [-0.39, 0.29) is 12.1 Å². The van der Waals surface area contributed by atoms with Gasteiger partial charge >= 0.3 is 0 Å². The van der Waals surface area contributed by atoms with Crippen LogP contribution >= 0.6 is 0 Å². The van der Waals surface area contributed by atoms with E-state index in [4.69, 9.17) is 19.9 Å². The number of nitrogens with one attached hydrogen (secondary N) is 1. The first kappa shape index (κ1) is 14.1. The van der Waals surface area contributed by atoms with Gasteiger partial charge in [-0.1, -0.05) is 0 Å². The van der Waals surface area contributed by atoms with Crippen molar-refractivity contribution in [1.29, 1.82) is 0 Å². The third kappa shape index (κ3) is 2.83. The summed E-state index contributed by atoms with van der Waals surface area (Å²) < 4.78 is 16.5. The highest BCUT2D eigenvalue weighted by Gasteiger charge is 2.26. The van der Waals surface area contributed by atoms with Crippen LogP contribution in [0.1, 0.15) is 17.2 Å². The van der Waals surface area contributed by atoms with E-state index >= 15 is 0 Å². The van der Waals surface area contributed by atoms with Crippen molar-refractivity contribution in [2.24, 2.45) is 5.73 Å². The fourth-order valence-electron chi connectivity index (χ4n) is 2.47. The zero-order chi connectivity index (χ0) is 13.8. The molecule has 106 valence electrons. The average molecular weight is 266 g/mol. The van der Waals surface area contributed by atoms with Crippen LogP contribution in [0.3, 0.4) is 0 Å². The summed E-state index contributed by atoms with van der Waals surface area (Å²) in [6, 6.07) is 3.66. The molecule has 0 bridgehead atoms. The van der Waals surface area contributed by atoms with E-state index in [1.165, 1.54) is 0 Å². The molecular formula is C14H22N2O3. The Balaban J connectivity index is 2.30. The minimum absolute atomic E-state index is 0.0320. The van der Waals surface area contributed by atoms with Gasteiger partial charge in [-0.05, 0) is 19.1 Å². The molecule has 0 aliphatic carbocycles. The predicted molar refractivity (Wildman–Crippen MR) is 73.8 cm³/mol. The highest BCUT2D eigenvalue weighted by molar-refractivity contribution is 5.50. The normalized spacial score (nSPS) is 20.9. The van der Waals surface area contributed by atoms with Gasteiger partial charge in [-0.3, -0.25) is 0 Å². The Kier molecular flexibility index (Phi) is 4.63. The number of ether oxygens (including phenoxy) is 3. The summed E-state index contributed by atoms with van der Waals surface area (Å²) in [5, 5.41) is 3.29. The maximum absolute atomic E-state index is 6.32. The van der Waals surface area contributed by atoms with E-state index in [9.17, 15) is 0 Å². The van der Waals surface area contributed by atoms with E-state index < -0.39 is 0 Å². The molecule has 2 unspecified atom stereocenters. The molecule has 1 saturated heterocycles.